The van der Waals surface area contributed by atoms with Crippen LogP contribution in [0.15, 0.2) is 48.8 Å². The van der Waals surface area contributed by atoms with Crippen molar-refractivity contribution in [1.29, 1.82) is 0 Å². The first-order valence-electron chi connectivity index (χ1n) is 9.31. The number of rotatable bonds is 1. The standard InChI is InChI=1S/C22H13F6N5/c1-12-8-14(5-6-16(12)21(23,24)25)17-9-18(22(26,27)28)33-20(32-17)15(11-31-33)4-2-13-3-7-19(29)30-10-13/h3,5-11H,1H3,(H2,29,30). The second-order valence-corrected chi connectivity index (χ2v) is 7.07. The molecule has 3 aromatic heterocycles. The van der Waals surface area contributed by atoms with Crippen molar-refractivity contribution in [2.45, 2.75) is 19.3 Å². The SMILES string of the molecule is Cc1cc(-c2cc(C(F)(F)F)n3ncc(C#Cc4ccc(N)nc4)c3n2)ccc1C(F)(F)F. The summed E-state index contributed by atoms with van der Waals surface area (Å²) in [6, 6.07) is 6.88. The molecule has 0 aliphatic rings. The second-order valence-electron chi connectivity index (χ2n) is 7.07. The number of pyridine rings is 1. The largest absolute Gasteiger partial charge is 0.433 e. The Kier molecular flexibility index (Phi) is 5.24. The van der Waals surface area contributed by atoms with Crippen molar-refractivity contribution in [2.24, 2.45) is 0 Å². The van der Waals surface area contributed by atoms with Crippen LogP contribution in [-0.4, -0.2) is 19.6 Å². The Morgan fingerprint density at radius 2 is 1.67 bits per heavy atom. The second kappa shape index (κ2) is 7.81. The summed E-state index contributed by atoms with van der Waals surface area (Å²) in [5.41, 5.74) is 3.67. The lowest BCUT2D eigenvalue weighted by Gasteiger charge is -2.13. The van der Waals surface area contributed by atoms with Gasteiger partial charge in [0, 0.05) is 17.3 Å². The van der Waals surface area contributed by atoms with Gasteiger partial charge < -0.3 is 5.73 Å². The fourth-order valence-corrected chi connectivity index (χ4v) is 3.16. The van der Waals surface area contributed by atoms with E-state index < -0.39 is 23.6 Å². The summed E-state index contributed by atoms with van der Waals surface area (Å²) in [7, 11) is 0. The molecule has 5 nitrogen and oxygen atoms in total. The maximum atomic E-state index is 13.7. The van der Waals surface area contributed by atoms with Crippen LogP contribution in [0.1, 0.15) is 27.9 Å². The molecule has 0 amide bonds. The zero-order chi connectivity index (χ0) is 24.0. The Balaban J connectivity index is 1.88. The quantitative estimate of drug-likeness (QED) is 0.316. The van der Waals surface area contributed by atoms with Crippen LogP contribution in [0.5, 0.6) is 0 Å². The number of alkyl halides is 6. The Morgan fingerprint density at radius 3 is 2.27 bits per heavy atom. The van der Waals surface area contributed by atoms with Crippen LogP contribution in [0.3, 0.4) is 0 Å². The van der Waals surface area contributed by atoms with Crippen molar-refractivity contribution in [1.82, 2.24) is 19.6 Å². The molecule has 0 bridgehead atoms. The minimum Gasteiger partial charge on any atom is -0.384 e. The molecule has 3 heterocycles. The number of nitrogen functional groups attached to an aromatic ring is 1. The number of anilines is 1. The molecule has 0 saturated heterocycles. The molecule has 168 valence electrons. The monoisotopic (exact) mass is 461 g/mol. The number of aromatic nitrogens is 4. The Morgan fingerprint density at radius 1 is 0.909 bits per heavy atom. The van der Waals surface area contributed by atoms with Gasteiger partial charge in [-0.05, 0) is 42.8 Å². The normalized spacial score (nSPS) is 12.0. The molecule has 0 unspecified atom stereocenters. The number of benzene rings is 1. The zero-order valence-electron chi connectivity index (χ0n) is 16.8. The maximum absolute atomic E-state index is 13.7. The van der Waals surface area contributed by atoms with Crippen LogP contribution < -0.4 is 5.73 Å². The molecule has 1 aromatic carbocycles. The lowest BCUT2D eigenvalue weighted by atomic mass is 10.0. The summed E-state index contributed by atoms with van der Waals surface area (Å²) >= 11 is 0. The summed E-state index contributed by atoms with van der Waals surface area (Å²) in [6.45, 7) is 1.23. The number of aryl methyl sites for hydroxylation is 1. The highest BCUT2D eigenvalue weighted by Crippen LogP contribution is 2.36. The number of nitrogens with two attached hydrogens (primary N) is 1. The number of fused-ring (bicyclic) bond motifs is 1. The highest BCUT2D eigenvalue weighted by Gasteiger charge is 2.36. The van der Waals surface area contributed by atoms with E-state index in [1.54, 1.807) is 6.07 Å². The number of nitrogens with zero attached hydrogens (tertiary/aromatic N) is 4. The van der Waals surface area contributed by atoms with Gasteiger partial charge in [0.1, 0.15) is 5.82 Å². The van der Waals surface area contributed by atoms with Crippen LogP contribution in [-0.2, 0) is 12.4 Å². The van der Waals surface area contributed by atoms with Crippen molar-refractivity contribution < 1.29 is 26.3 Å². The highest BCUT2D eigenvalue weighted by atomic mass is 19.4. The lowest BCUT2D eigenvalue weighted by molar-refractivity contribution is -0.142. The van der Waals surface area contributed by atoms with Gasteiger partial charge in [0.15, 0.2) is 11.3 Å². The molecule has 11 heteroatoms. The molecule has 0 fully saturated rings. The first-order chi connectivity index (χ1) is 15.4. The predicted molar refractivity (Wildman–Crippen MR) is 108 cm³/mol. The Bertz CT molecular complexity index is 1410. The number of hydrogen-bond donors (Lipinski definition) is 1. The van der Waals surface area contributed by atoms with Gasteiger partial charge in [0.25, 0.3) is 0 Å². The molecule has 0 radical (unpaired) electrons. The minimum atomic E-state index is -4.80. The summed E-state index contributed by atoms with van der Waals surface area (Å²) in [6.07, 6.45) is -6.84. The molecule has 0 aliphatic carbocycles. The van der Waals surface area contributed by atoms with Crippen LogP contribution in [0.2, 0.25) is 0 Å². The number of hydrogen-bond acceptors (Lipinski definition) is 4. The van der Waals surface area contributed by atoms with E-state index in [-0.39, 0.29) is 33.8 Å². The van der Waals surface area contributed by atoms with Crippen molar-refractivity contribution in [3.63, 3.8) is 0 Å². The van der Waals surface area contributed by atoms with Crippen molar-refractivity contribution in [3.05, 3.63) is 76.7 Å². The molecule has 2 N–H and O–H groups in total. The molecule has 0 spiro atoms. The van der Waals surface area contributed by atoms with Gasteiger partial charge >= 0.3 is 12.4 Å². The van der Waals surface area contributed by atoms with E-state index in [1.165, 1.54) is 19.2 Å². The molecular weight excluding hydrogens is 448 g/mol. The van der Waals surface area contributed by atoms with Crippen molar-refractivity contribution in [2.75, 3.05) is 5.73 Å². The fraction of sp³-hybridized carbons (Fsp3) is 0.136. The van der Waals surface area contributed by atoms with Gasteiger partial charge in [-0.15, -0.1) is 0 Å². The van der Waals surface area contributed by atoms with Crippen LogP contribution >= 0.6 is 0 Å². The molecular formula is C22H13F6N5. The van der Waals surface area contributed by atoms with E-state index in [0.717, 1.165) is 30.5 Å². The molecule has 4 rings (SSSR count). The van der Waals surface area contributed by atoms with Gasteiger partial charge in [0.05, 0.1) is 23.0 Å². The smallest absolute Gasteiger partial charge is 0.384 e. The molecule has 0 saturated carbocycles. The summed E-state index contributed by atoms with van der Waals surface area (Å²) in [4.78, 5) is 8.10. The van der Waals surface area contributed by atoms with E-state index in [2.05, 4.69) is 26.9 Å². The third-order valence-electron chi connectivity index (χ3n) is 4.72. The molecule has 4 aromatic rings. The fourth-order valence-electron chi connectivity index (χ4n) is 3.16. The van der Waals surface area contributed by atoms with E-state index in [1.807, 2.05) is 0 Å². The van der Waals surface area contributed by atoms with Crippen LogP contribution in [0.25, 0.3) is 16.9 Å². The van der Waals surface area contributed by atoms with Crippen molar-refractivity contribution in [3.8, 4) is 23.1 Å². The maximum Gasteiger partial charge on any atom is 0.433 e. The first-order valence-corrected chi connectivity index (χ1v) is 9.31. The predicted octanol–water partition coefficient (Wildman–Crippen LogP) is 5.12. The molecule has 0 aliphatic heterocycles. The van der Waals surface area contributed by atoms with Gasteiger partial charge in [-0.2, -0.15) is 31.4 Å². The molecule has 0 atom stereocenters. The number of halogens is 6. The zero-order valence-corrected chi connectivity index (χ0v) is 16.8. The first kappa shape index (κ1) is 22.1. The van der Waals surface area contributed by atoms with E-state index in [0.29, 0.717) is 10.1 Å². The van der Waals surface area contributed by atoms with Crippen LogP contribution in [0.4, 0.5) is 32.2 Å². The lowest BCUT2D eigenvalue weighted by Crippen LogP contribution is -2.14. The van der Waals surface area contributed by atoms with E-state index in [4.69, 9.17) is 5.73 Å². The van der Waals surface area contributed by atoms with Gasteiger partial charge in [0.2, 0.25) is 0 Å². The summed E-state index contributed by atoms with van der Waals surface area (Å²) in [5, 5.41) is 3.76. The topological polar surface area (TPSA) is 69.1 Å². The Labute approximate surface area is 182 Å². The van der Waals surface area contributed by atoms with Gasteiger partial charge in [-0.1, -0.05) is 17.9 Å². The van der Waals surface area contributed by atoms with Gasteiger partial charge in [-0.25, -0.2) is 14.5 Å². The van der Waals surface area contributed by atoms with E-state index in [9.17, 15) is 26.3 Å². The third-order valence-corrected chi connectivity index (χ3v) is 4.72. The minimum absolute atomic E-state index is 0.0938. The van der Waals surface area contributed by atoms with E-state index >= 15 is 0 Å². The Hall–Kier alpha value is -4.07. The molecule has 33 heavy (non-hydrogen) atoms. The average molecular weight is 461 g/mol. The van der Waals surface area contributed by atoms with Gasteiger partial charge in [-0.3, -0.25) is 0 Å². The van der Waals surface area contributed by atoms with Crippen molar-refractivity contribution >= 4 is 11.5 Å². The third kappa shape index (κ3) is 4.45. The van der Waals surface area contributed by atoms with Crippen LogP contribution in [0, 0.1) is 18.8 Å². The summed E-state index contributed by atoms with van der Waals surface area (Å²) < 4.78 is 81.0. The average Bonchev–Trinajstić information content (AvgIpc) is 3.14. The highest BCUT2D eigenvalue weighted by molar-refractivity contribution is 5.67. The summed E-state index contributed by atoms with van der Waals surface area (Å²) in [5.74, 6) is 5.74.